The van der Waals surface area contributed by atoms with Crippen molar-refractivity contribution in [2.75, 3.05) is 33.3 Å². The van der Waals surface area contributed by atoms with Crippen LogP contribution in [-0.4, -0.2) is 61.5 Å². The molecular formula is C16H32N2O2. The first-order valence-electron chi connectivity index (χ1n) is 8.01. The van der Waals surface area contributed by atoms with E-state index in [4.69, 9.17) is 9.47 Å². The van der Waals surface area contributed by atoms with Gasteiger partial charge in [-0.2, -0.15) is 0 Å². The summed E-state index contributed by atoms with van der Waals surface area (Å²) in [6.07, 6.45) is 1.50. The van der Waals surface area contributed by atoms with Crippen LogP contribution in [0.2, 0.25) is 0 Å². The van der Waals surface area contributed by atoms with Gasteiger partial charge in [-0.1, -0.05) is 6.92 Å². The molecule has 2 aliphatic heterocycles. The van der Waals surface area contributed by atoms with Gasteiger partial charge in [0.05, 0.1) is 23.9 Å². The van der Waals surface area contributed by atoms with E-state index < -0.39 is 0 Å². The molecule has 0 radical (unpaired) electrons. The van der Waals surface area contributed by atoms with Crippen LogP contribution in [0.15, 0.2) is 0 Å². The Morgan fingerprint density at radius 3 is 2.50 bits per heavy atom. The van der Waals surface area contributed by atoms with Crippen molar-refractivity contribution in [2.45, 2.75) is 64.4 Å². The summed E-state index contributed by atoms with van der Waals surface area (Å²) in [4.78, 5) is 2.55. The van der Waals surface area contributed by atoms with Crippen molar-refractivity contribution in [2.24, 2.45) is 5.92 Å². The fourth-order valence-corrected chi connectivity index (χ4v) is 4.05. The van der Waals surface area contributed by atoms with Gasteiger partial charge in [0.1, 0.15) is 0 Å². The lowest BCUT2D eigenvalue weighted by Gasteiger charge is -2.38. The monoisotopic (exact) mass is 284 g/mol. The Bertz CT molecular complexity index is 330. The van der Waals surface area contributed by atoms with Crippen LogP contribution >= 0.6 is 0 Å². The highest BCUT2D eigenvalue weighted by atomic mass is 16.5. The molecule has 0 amide bonds. The van der Waals surface area contributed by atoms with E-state index in [2.05, 4.69) is 51.9 Å². The maximum absolute atomic E-state index is 6.33. The molecule has 0 aromatic rings. The Balaban J connectivity index is 2.06. The smallest absolute Gasteiger partial charge is 0.0790 e. The average molecular weight is 284 g/mol. The van der Waals surface area contributed by atoms with Gasteiger partial charge in [0.25, 0.3) is 0 Å². The summed E-state index contributed by atoms with van der Waals surface area (Å²) < 4.78 is 12.1. The van der Waals surface area contributed by atoms with Crippen molar-refractivity contribution >= 4 is 0 Å². The van der Waals surface area contributed by atoms with Gasteiger partial charge in [-0.3, -0.25) is 4.90 Å². The molecule has 2 saturated heterocycles. The lowest BCUT2D eigenvalue weighted by molar-refractivity contribution is -0.0843. The fourth-order valence-electron chi connectivity index (χ4n) is 4.05. The Kier molecular flexibility index (Phi) is 4.80. The van der Waals surface area contributed by atoms with Crippen LogP contribution < -0.4 is 5.32 Å². The molecular weight excluding hydrogens is 252 g/mol. The molecule has 1 N–H and O–H groups in total. The highest BCUT2D eigenvalue weighted by molar-refractivity contribution is 5.05. The first-order chi connectivity index (χ1) is 9.30. The summed E-state index contributed by atoms with van der Waals surface area (Å²) in [5, 5.41) is 3.49. The number of ether oxygens (including phenoxy) is 2. The molecule has 0 aromatic heterocycles. The normalized spacial score (nSPS) is 37.2. The molecule has 118 valence electrons. The van der Waals surface area contributed by atoms with E-state index in [1.807, 2.05) is 0 Å². The van der Waals surface area contributed by atoms with E-state index in [1.165, 1.54) is 0 Å². The van der Waals surface area contributed by atoms with E-state index in [9.17, 15) is 0 Å². The molecule has 0 aromatic carbocycles. The highest BCUT2D eigenvalue weighted by Gasteiger charge is 2.53. The number of hydrogen-bond donors (Lipinski definition) is 1. The topological polar surface area (TPSA) is 33.7 Å². The van der Waals surface area contributed by atoms with Gasteiger partial charge in [0.15, 0.2) is 0 Å². The van der Waals surface area contributed by atoms with Gasteiger partial charge in [-0.25, -0.2) is 0 Å². The summed E-state index contributed by atoms with van der Waals surface area (Å²) in [5.41, 5.74) is -0.198. The molecule has 4 heteroatoms. The van der Waals surface area contributed by atoms with Crippen molar-refractivity contribution in [1.82, 2.24) is 10.2 Å². The minimum absolute atomic E-state index is 0.0861. The maximum atomic E-state index is 6.33. The van der Waals surface area contributed by atoms with Crippen LogP contribution in [0.25, 0.3) is 0 Å². The molecule has 20 heavy (non-hydrogen) atoms. The quantitative estimate of drug-likeness (QED) is 0.855. The molecule has 0 spiro atoms. The van der Waals surface area contributed by atoms with E-state index in [0.717, 1.165) is 32.7 Å². The third-order valence-electron chi connectivity index (χ3n) is 5.01. The third kappa shape index (κ3) is 3.19. The van der Waals surface area contributed by atoms with Crippen LogP contribution in [0.3, 0.4) is 0 Å². The Labute approximate surface area is 124 Å². The molecule has 0 bridgehead atoms. The molecule has 2 aliphatic rings. The zero-order valence-corrected chi connectivity index (χ0v) is 14.0. The lowest BCUT2D eigenvalue weighted by atomic mass is 9.82. The number of rotatable bonds is 4. The van der Waals surface area contributed by atoms with Gasteiger partial charge < -0.3 is 14.8 Å². The van der Waals surface area contributed by atoms with Crippen molar-refractivity contribution in [1.29, 1.82) is 0 Å². The van der Waals surface area contributed by atoms with Crippen molar-refractivity contribution in [3.8, 4) is 0 Å². The largest absolute Gasteiger partial charge is 0.376 e. The first kappa shape index (κ1) is 16.2. The number of nitrogens with zero attached hydrogens (tertiary/aromatic N) is 1. The average Bonchev–Trinajstić information content (AvgIpc) is 2.54. The van der Waals surface area contributed by atoms with Gasteiger partial charge >= 0.3 is 0 Å². The van der Waals surface area contributed by atoms with Gasteiger partial charge in [-0.05, 0) is 41.2 Å². The van der Waals surface area contributed by atoms with Crippen molar-refractivity contribution in [3.05, 3.63) is 0 Å². The Morgan fingerprint density at radius 1 is 1.20 bits per heavy atom. The van der Waals surface area contributed by atoms with Crippen LogP contribution in [0.5, 0.6) is 0 Å². The van der Waals surface area contributed by atoms with Crippen LogP contribution in [-0.2, 0) is 9.47 Å². The summed E-state index contributed by atoms with van der Waals surface area (Å²) in [7, 11) is 2.05. The Morgan fingerprint density at radius 2 is 1.90 bits per heavy atom. The first-order valence-corrected chi connectivity index (χ1v) is 8.01. The third-order valence-corrected chi connectivity index (χ3v) is 5.01. The van der Waals surface area contributed by atoms with Gasteiger partial charge in [-0.15, -0.1) is 0 Å². The lowest BCUT2D eigenvalue weighted by Crippen LogP contribution is -2.52. The second-order valence-corrected chi connectivity index (χ2v) is 7.34. The van der Waals surface area contributed by atoms with E-state index >= 15 is 0 Å². The number of likely N-dealkylation sites (N-methyl/N-ethyl adjacent to an activating group) is 1. The van der Waals surface area contributed by atoms with E-state index in [-0.39, 0.29) is 11.2 Å². The van der Waals surface area contributed by atoms with E-state index in [0.29, 0.717) is 18.1 Å². The fraction of sp³-hybridized carbons (Fsp3) is 1.00. The second kappa shape index (κ2) is 5.91. The second-order valence-electron chi connectivity index (χ2n) is 7.34. The zero-order chi connectivity index (χ0) is 15.0. The zero-order valence-electron chi connectivity index (χ0n) is 14.0. The van der Waals surface area contributed by atoms with Crippen LogP contribution in [0, 0.1) is 5.92 Å². The molecule has 0 saturated carbocycles. The molecule has 3 unspecified atom stereocenters. The van der Waals surface area contributed by atoms with Crippen molar-refractivity contribution in [3.63, 3.8) is 0 Å². The van der Waals surface area contributed by atoms with Gasteiger partial charge in [0, 0.05) is 31.6 Å². The van der Waals surface area contributed by atoms with Crippen LogP contribution in [0.1, 0.15) is 41.0 Å². The predicted octanol–water partition coefficient (Wildman–Crippen LogP) is 1.89. The summed E-state index contributed by atoms with van der Waals surface area (Å²) in [6, 6.07) is 0.389. The number of hydrogen-bond acceptors (Lipinski definition) is 4. The Hall–Kier alpha value is -0.160. The maximum Gasteiger partial charge on any atom is 0.0790 e. The predicted molar refractivity (Wildman–Crippen MR) is 82.1 cm³/mol. The summed E-state index contributed by atoms with van der Waals surface area (Å²) in [5.74, 6) is 0.498. The molecule has 2 rings (SSSR count). The molecule has 2 heterocycles. The van der Waals surface area contributed by atoms with Gasteiger partial charge in [0.2, 0.25) is 0 Å². The SMILES string of the molecule is CCC1CN(CC2C(NC)C(C)(C)OC2(C)C)CCO1. The molecule has 2 fully saturated rings. The summed E-state index contributed by atoms with van der Waals surface area (Å²) >= 11 is 0. The minimum Gasteiger partial charge on any atom is -0.376 e. The van der Waals surface area contributed by atoms with Crippen LogP contribution in [0.4, 0.5) is 0 Å². The minimum atomic E-state index is -0.112. The summed E-state index contributed by atoms with van der Waals surface area (Å²) in [6.45, 7) is 15.1. The molecule has 3 atom stereocenters. The highest BCUT2D eigenvalue weighted by Crippen LogP contribution is 2.42. The van der Waals surface area contributed by atoms with Crippen molar-refractivity contribution < 1.29 is 9.47 Å². The molecule has 4 nitrogen and oxygen atoms in total. The molecule has 0 aliphatic carbocycles. The number of nitrogens with one attached hydrogen (secondary N) is 1. The van der Waals surface area contributed by atoms with E-state index in [1.54, 1.807) is 0 Å². The standard InChI is InChI=1S/C16H32N2O2/c1-7-12-10-18(8-9-19-12)11-13-14(17-6)16(4,5)20-15(13,2)3/h12-14,17H,7-11H2,1-6H3. The number of morpholine rings is 1.